The zero-order valence-electron chi connectivity index (χ0n) is 15.3. The Morgan fingerprint density at radius 3 is 2.46 bits per heavy atom. The van der Waals surface area contributed by atoms with Gasteiger partial charge in [-0.2, -0.15) is 0 Å². The van der Waals surface area contributed by atoms with Crippen molar-refractivity contribution in [1.82, 2.24) is 5.32 Å². The first-order valence-corrected chi connectivity index (χ1v) is 8.59. The van der Waals surface area contributed by atoms with E-state index in [0.717, 1.165) is 29.8 Å². The van der Waals surface area contributed by atoms with Gasteiger partial charge in [0, 0.05) is 5.71 Å². The SMILES string of the molecule is CC(C)[C@H](NC(=O)OC(C)(C)C)C1=NC(c2ccccc2)=CCC1. The molecule has 0 aliphatic carbocycles. The van der Waals surface area contributed by atoms with E-state index in [1.54, 1.807) is 0 Å². The number of nitrogens with zero attached hydrogens (tertiary/aromatic N) is 1. The average Bonchev–Trinajstić information content (AvgIpc) is 2.52. The van der Waals surface area contributed by atoms with Crippen LogP contribution < -0.4 is 5.32 Å². The molecule has 1 amide bonds. The molecule has 1 aliphatic rings. The van der Waals surface area contributed by atoms with Gasteiger partial charge in [-0.1, -0.05) is 50.3 Å². The molecule has 0 aromatic heterocycles. The Bertz CT molecular complexity index is 625. The lowest BCUT2D eigenvalue weighted by molar-refractivity contribution is 0.0508. The molecule has 1 aromatic rings. The number of hydrogen-bond donors (Lipinski definition) is 1. The molecule has 130 valence electrons. The summed E-state index contributed by atoms with van der Waals surface area (Å²) in [5.41, 5.74) is 2.59. The van der Waals surface area contributed by atoms with E-state index in [9.17, 15) is 4.79 Å². The van der Waals surface area contributed by atoms with E-state index >= 15 is 0 Å². The molecule has 0 bridgehead atoms. The zero-order valence-corrected chi connectivity index (χ0v) is 15.3. The van der Waals surface area contributed by atoms with Crippen molar-refractivity contribution < 1.29 is 9.53 Å². The van der Waals surface area contributed by atoms with E-state index in [1.165, 1.54) is 0 Å². The summed E-state index contributed by atoms with van der Waals surface area (Å²) >= 11 is 0. The van der Waals surface area contributed by atoms with Crippen LogP contribution in [0.5, 0.6) is 0 Å². The highest BCUT2D eigenvalue weighted by molar-refractivity contribution is 5.97. The van der Waals surface area contributed by atoms with Crippen LogP contribution in [0.15, 0.2) is 41.4 Å². The second kappa shape index (κ2) is 7.65. The first kappa shape index (κ1) is 18.2. The highest BCUT2D eigenvalue weighted by Crippen LogP contribution is 2.24. The van der Waals surface area contributed by atoms with Crippen LogP contribution >= 0.6 is 0 Å². The average molecular weight is 328 g/mol. The minimum atomic E-state index is -0.505. The van der Waals surface area contributed by atoms with Gasteiger partial charge in [-0.15, -0.1) is 0 Å². The van der Waals surface area contributed by atoms with Gasteiger partial charge in [-0.3, -0.25) is 4.99 Å². The third-order valence-corrected chi connectivity index (χ3v) is 3.77. The Labute approximate surface area is 145 Å². The van der Waals surface area contributed by atoms with E-state index in [0.29, 0.717) is 0 Å². The van der Waals surface area contributed by atoms with Gasteiger partial charge in [-0.25, -0.2) is 4.79 Å². The van der Waals surface area contributed by atoms with Crippen LogP contribution in [-0.4, -0.2) is 23.4 Å². The first-order chi connectivity index (χ1) is 11.3. The molecule has 0 radical (unpaired) electrons. The monoisotopic (exact) mass is 328 g/mol. The molecule has 1 aliphatic heterocycles. The summed E-state index contributed by atoms with van der Waals surface area (Å²) < 4.78 is 5.40. The summed E-state index contributed by atoms with van der Waals surface area (Å²) in [5.74, 6) is 0.242. The van der Waals surface area contributed by atoms with E-state index in [2.05, 4.69) is 37.4 Å². The molecule has 0 saturated carbocycles. The van der Waals surface area contributed by atoms with Crippen molar-refractivity contribution in [3.8, 4) is 0 Å². The Morgan fingerprint density at radius 1 is 1.21 bits per heavy atom. The van der Waals surface area contributed by atoms with Crippen LogP contribution in [0.1, 0.15) is 53.0 Å². The van der Waals surface area contributed by atoms with Gasteiger partial charge in [-0.05, 0) is 45.1 Å². The fourth-order valence-electron chi connectivity index (χ4n) is 2.70. The largest absolute Gasteiger partial charge is 0.444 e. The quantitative estimate of drug-likeness (QED) is 0.862. The predicted molar refractivity (Wildman–Crippen MR) is 99.1 cm³/mol. The van der Waals surface area contributed by atoms with Crippen LogP contribution in [0.2, 0.25) is 0 Å². The minimum absolute atomic E-state index is 0.118. The van der Waals surface area contributed by atoms with Crippen molar-refractivity contribution >= 4 is 17.5 Å². The molecule has 2 rings (SSSR count). The predicted octanol–water partition coefficient (Wildman–Crippen LogP) is 4.81. The van der Waals surface area contributed by atoms with Crippen LogP contribution in [0.4, 0.5) is 4.79 Å². The number of carbonyl (C=O) groups is 1. The van der Waals surface area contributed by atoms with Crippen LogP contribution in [0.3, 0.4) is 0 Å². The number of ether oxygens (including phenoxy) is 1. The number of rotatable bonds is 4. The highest BCUT2D eigenvalue weighted by atomic mass is 16.6. The standard InChI is InChI=1S/C20H28N2O2/c1-14(2)18(22-19(23)24-20(3,4)5)17-13-9-12-16(21-17)15-10-7-6-8-11-15/h6-8,10-12,14,18H,9,13H2,1-5H3,(H,22,23)/t18-/m0/s1. The minimum Gasteiger partial charge on any atom is -0.444 e. The molecular formula is C20H28N2O2. The molecule has 0 spiro atoms. The van der Waals surface area contributed by atoms with Gasteiger partial charge < -0.3 is 10.1 Å². The maximum atomic E-state index is 12.2. The second-order valence-corrected chi connectivity index (χ2v) is 7.47. The fraction of sp³-hybridized carbons (Fsp3) is 0.500. The molecule has 1 N–H and O–H groups in total. The first-order valence-electron chi connectivity index (χ1n) is 8.59. The normalized spacial score (nSPS) is 16.2. The van der Waals surface area contributed by atoms with Crippen molar-refractivity contribution in [2.24, 2.45) is 10.9 Å². The van der Waals surface area contributed by atoms with Gasteiger partial charge in [0.1, 0.15) is 5.60 Å². The van der Waals surface area contributed by atoms with E-state index in [1.807, 2.05) is 39.0 Å². The highest BCUT2D eigenvalue weighted by Gasteiger charge is 2.26. The summed E-state index contributed by atoms with van der Waals surface area (Å²) in [5, 5.41) is 3.00. The smallest absolute Gasteiger partial charge is 0.408 e. The van der Waals surface area contributed by atoms with Crippen LogP contribution in [-0.2, 0) is 4.74 Å². The maximum absolute atomic E-state index is 12.2. The molecule has 1 aromatic carbocycles. The molecule has 24 heavy (non-hydrogen) atoms. The topological polar surface area (TPSA) is 50.7 Å². The third kappa shape index (κ3) is 5.22. The van der Waals surface area contributed by atoms with E-state index in [-0.39, 0.29) is 18.1 Å². The fourth-order valence-corrected chi connectivity index (χ4v) is 2.70. The molecule has 4 heteroatoms. The van der Waals surface area contributed by atoms with E-state index < -0.39 is 5.60 Å². The number of carbonyl (C=O) groups excluding carboxylic acids is 1. The summed E-state index contributed by atoms with van der Waals surface area (Å²) in [7, 11) is 0. The number of aliphatic imine (C=N–C) groups is 1. The van der Waals surface area contributed by atoms with Crippen LogP contribution in [0.25, 0.3) is 5.70 Å². The molecular weight excluding hydrogens is 300 g/mol. The number of alkyl carbamates (subject to hydrolysis) is 1. The van der Waals surface area contributed by atoms with Gasteiger partial charge >= 0.3 is 6.09 Å². The molecule has 4 nitrogen and oxygen atoms in total. The summed E-state index contributed by atoms with van der Waals surface area (Å²) in [6.07, 6.45) is 3.56. The van der Waals surface area contributed by atoms with E-state index in [4.69, 9.17) is 9.73 Å². The van der Waals surface area contributed by atoms with Crippen molar-refractivity contribution in [2.75, 3.05) is 0 Å². The molecule has 1 heterocycles. The maximum Gasteiger partial charge on any atom is 0.408 e. The summed E-state index contributed by atoms with van der Waals surface area (Å²) in [6, 6.07) is 10.0. The third-order valence-electron chi connectivity index (χ3n) is 3.77. The van der Waals surface area contributed by atoms with Gasteiger partial charge in [0.25, 0.3) is 0 Å². The second-order valence-electron chi connectivity index (χ2n) is 7.47. The van der Waals surface area contributed by atoms with Gasteiger partial charge in [0.2, 0.25) is 0 Å². The Morgan fingerprint density at radius 2 is 1.88 bits per heavy atom. The Hall–Kier alpha value is -2.10. The molecule has 1 atom stereocenters. The lowest BCUT2D eigenvalue weighted by Gasteiger charge is -2.28. The Kier molecular flexibility index (Phi) is 5.81. The molecule has 0 fully saturated rings. The number of nitrogens with one attached hydrogen (secondary N) is 1. The number of hydrogen-bond acceptors (Lipinski definition) is 3. The van der Waals surface area contributed by atoms with Crippen molar-refractivity contribution in [3.05, 3.63) is 42.0 Å². The lowest BCUT2D eigenvalue weighted by atomic mass is 9.93. The number of benzene rings is 1. The zero-order chi connectivity index (χ0) is 17.7. The van der Waals surface area contributed by atoms with Crippen molar-refractivity contribution in [3.63, 3.8) is 0 Å². The van der Waals surface area contributed by atoms with Crippen LogP contribution in [0, 0.1) is 5.92 Å². The van der Waals surface area contributed by atoms with Gasteiger partial charge in [0.05, 0.1) is 11.7 Å². The molecule has 0 unspecified atom stereocenters. The lowest BCUT2D eigenvalue weighted by Crippen LogP contribution is -2.46. The number of amides is 1. The van der Waals surface area contributed by atoms with Gasteiger partial charge in [0.15, 0.2) is 0 Å². The van der Waals surface area contributed by atoms with Crippen molar-refractivity contribution in [1.29, 1.82) is 0 Å². The Balaban J connectivity index is 2.17. The van der Waals surface area contributed by atoms with Crippen molar-refractivity contribution in [2.45, 2.75) is 59.1 Å². The number of allylic oxidation sites excluding steroid dienone is 1. The summed E-state index contributed by atoms with van der Waals surface area (Å²) in [4.78, 5) is 17.0. The molecule has 0 saturated heterocycles. The summed E-state index contributed by atoms with van der Waals surface area (Å²) in [6.45, 7) is 9.78.